The van der Waals surface area contributed by atoms with Gasteiger partial charge in [-0.3, -0.25) is 0 Å². The molecule has 27 heavy (non-hydrogen) atoms. The molecule has 3 rings (SSSR count). The molecule has 5 N–H and O–H groups in total. The largest absolute Gasteiger partial charge is 0.386 e. The van der Waals surface area contributed by atoms with Crippen LogP contribution in [-0.2, 0) is 10.3 Å². The molecule has 0 atom stereocenters. The zero-order chi connectivity index (χ0) is 19.9. The number of rotatable bonds is 5. The van der Waals surface area contributed by atoms with Crippen LogP contribution in [0.4, 0.5) is 17.5 Å². The molecule has 1 fully saturated rings. The van der Waals surface area contributed by atoms with Crippen LogP contribution in [0.15, 0.2) is 30.5 Å². The number of aromatic nitrogens is 2. The molecule has 0 spiro atoms. The number of nitrogens with one attached hydrogen (secondary N) is 2. The Hall–Kier alpha value is -2.55. The average Bonchev–Trinajstić information content (AvgIpc) is 2.70. The molecule has 1 aliphatic heterocycles. The van der Waals surface area contributed by atoms with Gasteiger partial charge in [0.25, 0.3) is 0 Å². The van der Waals surface area contributed by atoms with E-state index in [1.54, 1.807) is 20.0 Å². The van der Waals surface area contributed by atoms with Crippen molar-refractivity contribution in [3.05, 3.63) is 41.6 Å². The lowest BCUT2D eigenvalue weighted by Gasteiger charge is -2.30. The van der Waals surface area contributed by atoms with Crippen molar-refractivity contribution in [1.82, 2.24) is 9.97 Å². The molecule has 0 aromatic carbocycles. The number of aliphatic hydroxyl groups is 1. The number of hydrogen-bond acceptors (Lipinski definition) is 8. The minimum atomic E-state index is -1.10. The van der Waals surface area contributed by atoms with Crippen LogP contribution >= 0.6 is 0 Å². The van der Waals surface area contributed by atoms with Crippen LogP contribution in [0, 0.1) is 5.41 Å². The van der Waals surface area contributed by atoms with E-state index in [1.165, 1.54) is 13.3 Å². The molecule has 1 aliphatic rings. The van der Waals surface area contributed by atoms with Crippen molar-refractivity contribution in [3.63, 3.8) is 0 Å². The molecule has 146 valence electrons. The fraction of sp³-hybridized carbons (Fsp3) is 0.421. The summed E-state index contributed by atoms with van der Waals surface area (Å²) < 4.78 is 5.41. The smallest absolute Gasteiger partial charge is 0.143 e. The molecule has 0 bridgehead atoms. The first kappa shape index (κ1) is 20.8. The molecular formula is C19H28N6O2. The van der Waals surface area contributed by atoms with Crippen molar-refractivity contribution >= 4 is 23.7 Å². The molecule has 0 radical (unpaired) electrons. The third-order valence-corrected chi connectivity index (χ3v) is 4.09. The van der Waals surface area contributed by atoms with Gasteiger partial charge in [0.05, 0.1) is 18.8 Å². The van der Waals surface area contributed by atoms with Gasteiger partial charge >= 0.3 is 0 Å². The predicted octanol–water partition coefficient (Wildman–Crippen LogP) is 1.86. The van der Waals surface area contributed by atoms with E-state index in [0.29, 0.717) is 36.0 Å². The second kappa shape index (κ2) is 9.40. The van der Waals surface area contributed by atoms with E-state index in [2.05, 4.69) is 20.9 Å². The summed E-state index contributed by atoms with van der Waals surface area (Å²) in [6.07, 6.45) is 2.91. The first-order chi connectivity index (χ1) is 13.0. The average molecular weight is 372 g/mol. The Labute approximate surface area is 159 Å². The molecule has 1 saturated heterocycles. The van der Waals surface area contributed by atoms with Crippen molar-refractivity contribution < 1.29 is 9.84 Å². The SMILES string of the molecule is CC(C)(O)c1cc(N2CCOCC2)nc(Nc2ccccn2)c1C=N.CN. The summed E-state index contributed by atoms with van der Waals surface area (Å²) in [7, 11) is 1.50. The van der Waals surface area contributed by atoms with Crippen LogP contribution in [0.1, 0.15) is 25.0 Å². The fourth-order valence-electron chi connectivity index (χ4n) is 2.80. The standard InChI is InChI=1S/C18H23N5O2.CH5N/c1-18(2,24)14-11-16(23-7-9-25-10-8-23)22-17(13(14)12-19)21-15-5-3-4-6-20-15;1-2/h3-6,11-12,19,24H,7-10H2,1-2H3,(H,20,21,22);2H2,1H3. The van der Waals surface area contributed by atoms with E-state index in [9.17, 15) is 5.11 Å². The first-order valence-electron chi connectivity index (χ1n) is 8.86. The molecule has 8 heteroatoms. The van der Waals surface area contributed by atoms with Gasteiger partial charge < -0.3 is 31.2 Å². The third kappa shape index (κ3) is 5.22. The van der Waals surface area contributed by atoms with Crippen molar-refractivity contribution in [2.75, 3.05) is 43.6 Å². The number of nitrogens with two attached hydrogens (primary N) is 1. The van der Waals surface area contributed by atoms with Crippen LogP contribution < -0.4 is 16.0 Å². The molecule has 0 saturated carbocycles. The van der Waals surface area contributed by atoms with Gasteiger partial charge in [0.1, 0.15) is 17.5 Å². The second-order valence-electron chi connectivity index (χ2n) is 6.43. The van der Waals surface area contributed by atoms with E-state index >= 15 is 0 Å². The number of nitrogens with zero attached hydrogens (tertiary/aromatic N) is 3. The highest BCUT2D eigenvalue weighted by atomic mass is 16.5. The third-order valence-electron chi connectivity index (χ3n) is 4.09. The number of morpholine rings is 1. The maximum Gasteiger partial charge on any atom is 0.143 e. The molecule has 2 aromatic heterocycles. The van der Waals surface area contributed by atoms with E-state index in [0.717, 1.165) is 18.9 Å². The normalized spacial score (nSPS) is 14.2. The highest BCUT2D eigenvalue weighted by molar-refractivity contribution is 5.89. The molecule has 2 aromatic rings. The van der Waals surface area contributed by atoms with Gasteiger partial charge in [0, 0.05) is 31.1 Å². The van der Waals surface area contributed by atoms with E-state index in [-0.39, 0.29) is 0 Å². The van der Waals surface area contributed by atoms with Gasteiger partial charge in [0.15, 0.2) is 0 Å². The zero-order valence-corrected chi connectivity index (χ0v) is 16.1. The van der Waals surface area contributed by atoms with E-state index in [4.69, 9.17) is 15.1 Å². The topological polar surface area (TPSA) is 120 Å². The van der Waals surface area contributed by atoms with Gasteiger partial charge in [-0.15, -0.1) is 0 Å². The molecule has 0 amide bonds. The Morgan fingerprint density at radius 1 is 1.30 bits per heavy atom. The quantitative estimate of drug-likeness (QED) is 0.591. The number of pyridine rings is 2. The van der Waals surface area contributed by atoms with Crippen molar-refractivity contribution in [2.24, 2.45) is 5.73 Å². The lowest BCUT2D eigenvalue weighted by Crippen LogP contribution is -2.37. The van der Waals surface area contributed by atoms with Crippen LogP contribution in [0.25, 0.3) is 0 Å². The van der Waals surface area contributed by atoms with Gasteiger partial charge in [-0.2, -0.15) is 0 Å². The summed E-state index contributed by atoms with van der Waals surface area (Å²) in [5.41, 5.74) is 4.60. The van der Waals surface area contributed by atoms with Gasteiger partial charge in [-0.05, 0) is 44.7 Å². The van der Waals surface area contributed by atoms with Gasteiger partial charge in [-0.25, -0.2) is 9.97 Å². The van der Waals surface area contributed by atoms with Crippen LogP contribution in [-0.4, -0.2) is 54.6 Å². The van der Waals surface area contributed by atoms with Crippen LogP contribution in [0.5, 0.6) is 0 Å². The van der Waals surface area contributed by atoms with Gasteiger partial charge in [0.2, 0.25) is 0 Å². The Balaban J connectivity index is 0.00000126. The lowest BCUT2D eigenvalue weighted by atomic mass is 9.94. The van der Waals surface area contributed by atoms with Crippen molar-refractivity contribution in [2.45, 2.75) is 19.4 Å². The second-order valence-corrected chi connectivity index (χ2v) is 6.43. The van der Waals surface area contributed by atoms with E-state index in [1.807, 2.05) is 24.3 Å². The van der Waals surface area contributed by atoms with Crippen LogP contribution in [0.3, 0.4) is 0 Å². The lowest BCUT2D eigenvalue weighted by molar-refractivity contribution is 0.0784. The van der Waals surface area contributed by atoms with Crippen molar-refractivity contribution in [3.8, 4) is 0 Å². The summed E-state index contributed by atoms with van der Waals surface area (Å²) in [5, 5.41) is 21.6. The fourth-order valence-corrected chi connectivity index (χ4v) is 2.80. The van der Waals surface area contributed by atoms with E-state index < -0.39 is 5.60 Å². The number of hydrogen-bond donors (Lipinski definition) is 4. The summed E-state index contributed by atoms with van der Waals surface area (Å²) >= 11 is 0. The Morgan fingerprint density at radius 3 is 2.56 bits per heavy atom. The highest BCUT2D eigenvalue weighted by Gasteiger charge is 2.25. The maximum absolute atomic E-state index is 10.6. The molecule has 3 heterocycles. The number of ether oxygens (including phenoxy) is 1. The monoisotopic (exact) mass is 372 g/mol. The van der Waals surface area contributed by atoms with Gasteiger partial charge in [-0.1, -0.05) is 6.07 Å². The predicted molar refractivity (Wildman–Crippen MR) is 108 cm³/mol. The maximum atomic E-state index is 10.6. The first-order valence-corrected chi connectivity index (χ1v) is 8.86. The summed E-state index contributed by atoms with van der Waals surface area (Å²) in [4.78, 5) is 11.1. The summed E-state index contributed by atoms with van der Waals surface area (Å²) in [6, 6.07) is 7.40. The van der Waals surface area contributed by atoms with Crippen LogP contribution in [0.2, 0.25) is 0 Å². The zero-order valence-electron chi connectivity index (χ0n) is 16.1. The molecular weight excluding hydrogens is 344 g/mol. The van der Waals surface area contributed by atoms with Crippen molar-refractivity contribution in [1.29, 1.82) is 5.41 Å². The summed E-state index contributed by atoms with van der Waals surface area (Å²) in [5.74, 6) is 1.90. The minimum absolute atomic E-state index is 0.509. The molecule has 0 unspecified atom stereocenters. The minimum Gasteiger partial charge on any atom is -0.386 e. The Kier molecular flexibility index (Phi) is 7.23. The highest BCUT2D eigenvalue weighted by Crippen LogP contribution is 2.32. The molecule has 0 aliphatic carbocycles. The Bertz CT molecular complexity index is 740. The number of anilines is 3. The summed E-state index contributed by atoms with van der Waals surface area (Å²) in [6.45, 7) is 6.20. The molecule has 8 nitrogen and oxygen atoms in total. The Morgan fingerprint density at radius 2 is 2.00 bits per heavy atom.